The third-order valence-electron chi connectivity index (χ3n) is 2.50. The third-order valence-corrected chi connectivity index (χ3v) is 4.48. The molecule has 1 amide bonds. The fraction of sp³-hybridized carbons (Fsp3) is 0.500. The summed E-state index contributed by atoms with van der Waals surface area (Å²) in [6.45, 7) is 10.3. The molecule has 0 aliphatic rings. The van der Waals surface area contributed by atoms with Crippen LogP contribution in [-0.4, -0.2) is 29.6 Å². The van der Waals surface area contributed by atoms with Gasteiger partial charge in [0, 0.05) is 0 Å². The van der Waals surface area contributed by atoms with Gasteiger partial charge < -0.3 is 4.74 Å². The summed E-state index contributed by atoms with van der Waals surface area (Å²) >= 11 is 0. The Morgan fingerprint density at radius 1 is 1.12 bits per heavy atom. The second-order valence-corrected chi connectivity index (χ2v) is 7.55. The van der Waals surface area contributed by atoms with E-state index in [-0.39, 0.29) is 32.1 Å². The number of amides is 1. The monoisotopic (exact) mass is 349 g/mol. The summed E-state index contributed by atoms with van der Waals surface area (Å²) in [5.41, 5.74) is -0.0543. The van der Waals surface area contributed by atoms with Crippen LogP contribution >= 0.6 is 7.75 Å². The molecule has 0 bridgehead atoms. The Morgan fingerprint density at radius 3 is 2.04 bits per heavy atom. The van der Waals surface area contributed by atoms with E-state index in [1.54, 1.807) is 46.8 Å². The maximum atomic E-state index is 13.0. The quantitative estimate of drug-likeness (QED) is 0.425. The van der Waals surface area contributed by atoms with Crippen LogP contribution in [0.3, 0.4) is 0 Å². The van der Waals surface area contributed by atoms with Crippen LogP contribution < -0.4 is 18.9 Å². The zero-order valence-corrected chi connectivity index (χ0v) is 16.2. The number of benzene rings is 1. The second kappa shape index (κ2) is 10.2. The Morgan fingerprint density at radius 2 is 1.62 bits per heavy atom. The molecule has 0 radical (unpaired) electrons. The zero-order valence-electron chi connectivity index (χ0n) is 15.3. The van der Waals surface area contributed by atoms with Crippen LogP contribution in [0.2, 0.25) is 0 Å². The number of hydrogen-bond acceptors (Lipinski definition) is 5. The largest absolute Gasteiger partial charge is 1.00 e. The molecule has 0 atom stereocenters. The van der Waals surface area contributed by atoms with Crippen molar-refractivity contribution >= 4 is 13.8 Å². The maximum Gasteiger partial charge on any atom is 1.00 e. The predicted octanol–water partition coefficient (Wildman–Crippen LogP) is 1.62. The van der Waals surface area contributed by atoms with E-state index in [9.17, 15) is 9.36 Å². The van der Waals surface area contributed by atoms with Gasteiger partial charge in [-0.15, -0.1) is 12.1 Å². The Labute approximate surface area is 156 Å². The SMILES string of the molecule is CCOP(=O)(OCC)N([CH-]c1ccccc1)C(=O)OC(C)(C)C.[Li+]. The van der Waals surface area contributed by atoms with E-state index in [0.29, 0.717) is 5.56 Å². The van der Waals surface area contributed by atoms with Crippen LogP contribution in [0.25, 0.3) is 0 Å². The number of ether oxygens (including phenoxy) is 1. The number of rotatable bonds is 7. The van der Waals surface area contributed by atoms with Crippen molar-refractivity contribution in [3.8, 4) is 0 Å². The standard InChI is InChI=1S/C16H25NO5P.Li/c1-6-20-23(19,21-7-2)17(15(18)22-16(3,4)5)13-14-11-9-8-10-12-14;/h8-13H,6-7H2,1-5H3;/q-1;+1. The van der Waals surface area contributed by atoms with Gasteiger partial charge in [0.1, 0.15) is 5.60 Å². The van der Waals surface area contributed by atoms with Gasteiger partial charge in [0.15, 0.2) is 0 Å². The van der Waals surface area contributed by atoms with Crippen LogP contribution in [0.1, 0.15) is 40.2 Å². The van der Waals surface area contributed by atoms with Crippen LogP contribution in [-0.2, 0) is 18.3 Å². The van der Waals surface area contributed by atoms with Gasteiger partial charge in [-0.1, -0.05) is 12.6 Å². The van der Waals surface area contributed by atoms with Gasteiger partial charge in [-0.2, -0.15) is 17.7 Å². The van der Waals surface area contributed by atoms with Crippen molar-refractivity contribution in [3.05, 3.63) is 42.4 Å². The molecular formula is C16H25LiNO5P. The van der Waals surface area contributed by atoms with E-state index in [0.717, 1.165) is 4.67 Å². The smallest absolute Gasteiger partial charge is 0.444 e. The molecule has 0 saturated heterocycles. The third kappa shape index (κ3) is 7.34. The molecule has 6 nitrogen and oxygen atoms in total. The van der Waals surface area contributed by atoms with Crippen molar-refractivity contribution in [3.63, 3.8) is 0 Å². The second-order valence-electron chi connectivity index (χ2n) is 5.67. The van der Waals surface area contributed by atoms with Crippen molar-refractivity contribution in [2.24, 2.45) is 0 Å². The molecule has 0 aliphatic heterocycles. The first-order valence-corrected chi connectivity index (χ1v) is 9.03. The van der Waals surface area contributed by atoms with Crippen molar-refractivity contribution in [2.75, 3.05) is 13.2 Å². The minimum Gasteiger partial charge on any atom is -0.444 e. The zero-order chi connectivity index (χ0) is 17.5. The first-order valence-electron chi connectivity index (χ1n) is 7.53. The predicted molar refractivity (Wildman–Crippen MR) is 88.8 cm³/mol. The molecule has 0 unspecified atom stereocenters. The normalized spacial score (nSPS) is 11.4. The van der Waals surface area contributed by atoms with Crippen molar-refractivity contribution in [1.82, 2.24) is 4.67 Å². The molecule has 1 rings (SSSR count). The summed E-state index contributed by atoms with van der Waals surface area (Å²) in [6, 6.07) is 9.02. The molecule has 130 valence electrons. The van der Waals surface area contributed by atoms with E-state index >= 15 is 0 Å². The van der Waals surface area contributed by atoms with E-state index in [1.807, 2.05) is 18.2 Å². The minimum absolute atomic E-state index is 0. The topological polar surface area (TPSA) is 65.1 Å². The molecule has 0 aromatic heterocycles. The van der Waals surface area contributed by atoms with Gasteiger partial charge in [-0.25, -0.2) is 14.0 Å². The van der Waals surface area contributed by atoms with Crippen molar-refractivity contribution in [2.45, 2.75) is 40.2 Å². The van der Waals surface area contributed by atoms with Gasteiger partial charge in [0.25, 0.3) is 0 Å². The summed E-state index contributed by atoms with van der Waals surface area (Å²) in [7, 11) is -3.83. The Kier molecular flexibility index (Phi) is 9.80. The first kappa shape index (κ1) is 23.1. The number of carbonyl (C=O) groups excluding carboxylic acids is 1. The fourth-order valence-corrected chi connectivity index (χ4v) is 3.19. The Hall–Kier alpha value is -0.893. The van der Waals surface area contributed by atoms with Gasteiger partial charge in [0.2, 0.25) is 0 Å². The van der Waals surface area contributed by atoms with Crippen molar-refractivity contribution in [1.29, 1.82) is 0 Å². The number of nitrogens with zero attached hydrogens (tertiary/aromatic N) is 1. The maximum absolute atomic E-state index is 13.0. The summed E-state index contributed by atoms with van der Waals surface area (Å²) < 4.78 is 29.8. The molecule has 0 spiro atoms. The van der Waals surface area contributed by atoms with Gasteiger partial charge in [0.05, 0.1) is 13.2 Å². The summed E-state index contributed by atoms with van der Waals surface area (Å²) in [6.07, 6.45) is -0.786. The number of carbonyl (C=O) groups is 1. The summed E-state index contributed by atoms with van der Waals surface area (Å²) in [5, 5.41) is 0. The molecule has 0 saturated carbocycles. The van der Waals surface area contributed by atoms with Crippen molar-refractivity contribution < 1.29 is 42.0 Å². The van der Waals surface area contributed by atoms with Crippen LogP contribution in [0.5, 0.6) is 0 Å². The molecular weight excluding hydrogens is 324 g/mol. The molecule has 1 aromatic rings. The van der Waals surface area contributed by atoms with Gasteiger partial charge >= 0.3 is 32.7 Å². The van der Waals surface area contributed by atoms with E-state index in [2.05, 4.69) is 0 Å². The average molecular weight is 349 g/mol. The van der Waals surface area contributed by atoms with E-state index in [1.165, 1.54) is 6.54 Å². The molecule has 0 N–H and O–H groups in total. The number of hydrogen-bond donors (Lipinski definition) is 0. The Balaban J connectivity index is 0.00000529. The molecule has 0 aliphatic carbocycles. The fourth-order valence-electron chi connectivity index (χ4n) is 1.70. The van der Waals surface area contributed by atoms with Crippen LogP contribution in [0.15, 0.2) is 30.3 Å². The molecule has 1 aromatic carbocycles. The van der Waals surface area contributed by atoms with E-state index < -0.39 is 19.4 Å². The Bertz CT molecular complexity index is 537. The molecule has 8 heteroatoms. The first-order chi connectivity index (χ1) is 10.7. The van der Waals surface area contributed by atoms with Gasteiger partial charge in [-0.05, 0) is 34.6 Å². The average Bonchev–Trinajstić information content (AvgIpc) is 2.44. The minimum atomic E-state index is -3.83. The van der Waals surface area contributed by atoms with Crippen LogP contribution in [0.4, 0.5) is 4.79 Å². The van der Waals surface area contributed by atoms with Crippen LogP contribution in [0, 0.1) is 6.54 Å². The van der Waals surface area contributed by atoms with Gasteiger partial charge in [-0.3, -0.25) is 9.05 Å². The summed E-state index contributed by atoms with van der Waals surface area (Å²) in [4.78, 5) is 12.5. The summed E-state index contributed by atoms with van der Waals surface area (Å²) in [5.74, 6) is 0. The molecule has 24 heavy (non-hydrogen) atoms. The molecule has 0 heterocycles. The molecule has 0 fully saturated rings. The van der Waals surface area contributed by atoms with E-state index in [4.69, 9.17) is 13.8 Å².